The van der Waals surface area contributed by atoms with Crippen LogP contribution >= 0.6 is 22.6 Å². The molecule has 1 aliphatic heterocycles. The van der Waals surface area contributed by atoms with Crippen LogP contribution in [0.3, 0.4) is 0 Å². The lowest BCUT2D eigenvalue weighted by Gasteiger charge is -2.19. The summed E-state index contributed by atoms with van der Waals surface area (Å²) in [6, 6.07) is 2.68. The summed E-state index contributed by atoms with van der Waals surface area (Å²) in [4.78, 5) is 37.2. The number of likely N-dealkylation sites (tertiary alicyclic amines) is 1. The lowest BCUT2D eigenvalue weighted by Crippen LogP contribution is -2.44. The minimum atomic E-state index is -0.853. The van der Waals surface area contributed by atoms with Crippen molar-refractivity contribution in [1.29, 1.82) is 0 Å². The molecular weight excluding hydrogens is 390 g/mol. The highest BCUT2D eigenvalue weighted by Crippen LogP contribution is 2.18. The van der Waals surface area contributed by atoms with Gasteiger partial charge in [-0.3, -0.25) is 19.3 Å². The Morgan fingerprint density at radius 3 is 2.62 bits per heavy atom. The number of halogens is 2. The Morgan fingerprint density at radius 1 is 1.43 bits per heavy atom. The second kappa shape index (κ2) is 6.08. The van der Waals surface area contributed by atoms with E-state index in [1.54, 1.807) is 13.8 Å². The van der Waals surface area contributed by atoms with Crippen LogP contribution in [0.4, 0.5) is 4.39 Å². The predicted molar refractivity (Wildman–Crippen MR) is 82.0 cm³/mol. The van der Waals surface area contributed by atoms with Crippen LogP contribution in [0, 0.1) is 9.39 Å². The predicted octanol–water partition coefficient (Wildman–Crippen LogP) is 1.70. The Labute approximate surface area is 135 Å². The van der Waals surface area contributed by atoms with Gasteiger partial charge in [0, 0.05) is 9.61 Å². The smallest absolute Gasteiger partial charge is 0.253 e. The number of rotatable bonds is 3. The van der Waals surface area contributed by atoms with Crippen LogP contribution in [0.1, 0.15) is 30.6 Å². The summed E-state index contributed by atoms with van der Waals surface area (Å²) < 4.78 is 13.5. The van der Waals surface area contributed by atoms with Gasteiger partial charge < -0.3 is 5.32 Å². The van der Waals surface area contributed by atoms with Crippen LogP contribution in [0.5, 0.6) is 0 Å². The van der Waals surface area contributed by atoms with E-state index in [0.717, 1.165) is 4.90 Å². The normalized spacial score (nSPS) is 18.5. The maximum Gasteiger partial charge on any atom is 0.253 e. The molecule has 0 aliphatic carbocycles. The summed E-state index contributed by atoms with van der Waals surface area (Å²) >= 11 is 1.85. The largest absolute Gasteiger partial charge is 0.340 e. The van der Waals surface area contributed by atoms with Crippen LogP contribution in [0.2, 0.25) is 0 Å². The second-order valence-corrected chi connectivity index (χ2v) is 6.21. The molecule has 7 heteroatoms. The molecule has 1 aromatic carbocycles. The molecule has 0 aromatic heterocycles. The van der Waals surface area contributed by atoms with E-state index >= 15 is 0 Å². The quantitative estimate of drug-likeness (QED) is 0.616. The Hall–Kier alpha value is -1.51. The van der Waals surface area contributed by atoms with Crippen molar-refractivity contribution in [1.82, 2.24) is 10.2 Å². The number of hydrogen-bond acceptors (Lipinski definition) is 3. The zero-order valence-corrected chi connectivity index (χ0v) is 13.7. The van der Waals surface area contributed by atoms with E-state index in [1.165, 1.54) is 18.2 Å². The molecule has 0 unspecified atom stereocenters. The van der Waals surface area contributed by atoms with Gasteiger partial charge in [-0.2, -0.15) is 0 Å². The van der Waals surface area contributed by atoms with Gasteiger partial charge in [-0.1, -0.05) is 0 Å². The molecule has 0 spiro atoms. The molecule has 2 rings (SSSR count). The van der Waals surface area contributed by atoms with Gasteiger partial charge in [0.15, 0.2) is 0 Å². The maximum atomic E-state index is 13.0. The highest BCUT2D eigenvalue weighted by atomic mass is 127. The van der Waals surface area contributed by atoms with Crippen molar-refractivity contribution >= 4 is 40.3 Å². The molecule has 21 heavy (non-hydrogen) atoms. The number of benzene rings is 1. The summed E-state index contributed by atoms with van der Waals surface area (Å²) in [5.74, 6) is -1.63. The fourth-order valence-corrected chi connectivity index (χ4v) is 2.94. The number of nitrogens with zero attached hydrogens (tertiary/aromatic N) is 1. The summed E-state index contributed by atoms with van der Waals surface area (Å²) in [5.41, 5.74) is 0.278. The van der Waals surface area contributed by atoms with Crippen molar-refractivity contribution < 1.29 is 18.8 Å². The molecule has 112 valence electrons. The van der Waals surface area contributed by atoms with Gasteiger partial charge >= 0.3 is 0 Å². The zero-order chi connectivity index (χ0) is 15.7. The zero-order valence-electron chi connectivity index (χ0n) is 11.5. The third kappa shape index (κ3) is 3.22. The summed E-state index contributed by atoms with van der Waals surface area (Å²) in [6.07, 6.45) is -0.0411. The first-order valence-electron chi connectivity index (χ1n) is 6.43. The van der Waals surface area contributed by atoms with Crippen molar-refractivity contribution in [3.63, 3.8) is 0 Å². The number of hydrogen-bond donors (Lipinski definition) is 1. The fraction of sp³-hybridized carbons (Fsp3) is 0.357. The Kier molecular flexibility index (Phi) is 4.60. The molecule has 0 radical (unpaired) electrons. The van der Waals surface area contributed by atoms with E-state index in [0.29, 0.717) is 3.57 Å². The van der Waals surface area contributed by atoms with Gasteiger partial charge in [-0.05, 0) is 54.6 Å². The molecule has 1 fully saturated rings. The van der Waals surface area contributed by atoms with Crippen molar-refractivity contribution in [2.24, 2.45) is 0 Å². The lowest BCUT2D eigenvalue weighted by atomic mass is 10.2. The average Bonchev–Trinajstić information content (AvgIpc) is 2.63. The standard InChI is InChI=1S/C14H14FIN2O3/c1-7(2)18-12(19)6-11(14(18)21)17-13(20)9-4-3-8(15)5-10(9)16/h3-5,7,11H,6H2,1-2H3,(H,17,20)/t11-/m1/s1. The SMILES string of the molecule is CC(C)N1C(=O)C[C@@H](NC(=O)c2ccc(F)cc2I)C1=O. The fourth-order valence-electron chi connectivity index (χ4n) is 2.22. The molecule has 0 bridgehead atoms. The number of carbonyl (C=O) groups is 3. The number of amides is 3. The summed E-state index contributed by atoms with van der Waals surface area (Å²) in [5, 5.41) is 2.54. The second-order valence-electron chi connectivity index (χ2n) is 5.05. The Bertz CT molecular complexity index is 618. The summed E-state index contributed by atoms with van der Waals surface area (Å²) in [7, 11) is 0. The van der Waals surface area contributed by atoms with Gasteiger partial charge in [-0.15, -0.1) is 0 Å². The monoisotopic (exact) mass is 404 g/mol. The maximum absolute atomic E-state index is 13.0. The molecule has 1 aromatic rings. The molecule has 1 atom stereocenters. The molecule has 5 nitrogen and oxygen atoms in total. The molecule has 1 N–H and O–H groups in total. The minimum absolute atomic E-state index is 0.0411. The highest BCUT2D eigenvalue weighted by Gasteiger charge is 2.40. The number of imide groups is 1. The van der Waals surface area contributed by atoms with E-state index in [2.05, 4.69) is 5.32 Å². The molecular formula is C14H14FIN2O3. The van der Waals surface area contributed by atoms with Crippen LogP contribution in [-0.4, -0.2) is 34.7 Å². The molecule has 1 aliphatic rings. The number of nitrogens with one attached hydrogen (secondary N) is 1. The molecule has 0 saturated carbocycles. The molecule has 1 saturated heterocycles. The topological polar surface area (TPSA) is 66.5 Å². The third-order valence-electron chi connectivity index (χ3n) is 3.18. The molecule has 3 amide bonds. The van der Waals surface area contributed by atoms with E-state index in [9.17, 15) is 18.8 Å². The van der Waals surface area contributed by atoms with Gasteiger partial charge in [0.2, 0.25) is 5.91 Å². The Morgan fingerprint density at radius 2 is 2.10 bits per heavy atom. The van der Waals surface area contributed by atoms with Crippen molar-refractivity contribution in [2.75, 3.05) is 0 Å². The van der Waals surface area contributed by atoms with Gasteiger partial charge in [0.25, 0.3) is 11.8 Å². The van der Waals surface area contributed by atoms with E-state index in [1.807, 2.05) is 22.6 Å². The van der Waals surface area contributed by atoms with E-state index in [-0.39, 0.29) is 23.9 Å². The van der Waals surface area contributed by atoms with Crippen LogP contribution in [0.25, 0.3) is 0 Å². The first-order valence-corrected chi connectivity index (χ1v) is 7.51. The highest BCUT2D eigenvalue weighted by molar-refractivity contribution is 14.1. The van der Waals surface area contributed by atoms with E-state index < -0.39 is 23.7 Å². The minimum Gasteiger partial charge on any atom is -0.340 e. The number of carbonyl (C=O) groups excluding carboxylic acids is 3. The summed E-state index contributed by atoms with van der Waals surface area (Å²) in [6.45, 7) is 3.48. The van der Waals surface area contributed by atoms with Crippen molar-refractivity contribution in [3.8, 4) is 0 Å². The first-order chi connectivity index (χ1) is 9.81. The van der Waals surface area contributed by atoms with Crippen LogP contribution < -0.4 is 5.32 Å². The lowest BCUT2D eigenvalue weighted by molar-refractivity contribution is -0.140. The van der Waals surface area contributed by atoms with Crippen LogP contribution in [-0.2, 0) is 9.59 Å². The average molecular weight is 404 g/mol. The first kappa shape index (κ1) is 15.9. The van der Waals surface area contributed by atoms with Crippen molar-refractivity contribution in [3.05, 3.63) is 33.1 Å². The third-order valence-corrected chi connectivity index (χ3v) is 4.07. The van der Waals surface area contributed by atoms with Crippen molar-refractivity contribution in [2.45, 2.75) is 32.4 Å². The molecule has 1 heterocycles. The Balaban J connectivity index is 2.14. The van der Waals surface area contributed by atoms with Gasteiger partial charge in [-0.25, -0.2) is 4.39 Å². The van der Waals surface area contributed by atoms with Gasteiger partial charge in [0.05, 0.1) is 12.0 Å². The van der Waals surface area contributed by atoms with Crippen LogP contribution in [0.15, 0.2) is 18.2 Å². The van der Waals surface area contributed by atoms with Gasteiger partial charge in [0.1, 0.15) is 11.9 Å². The van der Waals surface area contributed by atoms with E-state index in [4.69, 9.17) is 0 Å².